The second kappa shape index (κ2) is 10.9. The minimum absolute atomic E-state index is 0.0224. The number of nitrogens with zero attached hydrogens (tertiary/aromatic N) is 4. The van der Waals surface area contributed by atoms with Crippen LogP contribution in [-0.4, -0.2) is 58.9 Å². The molecule has 0 saturated carbocycles. The Morgan fingerprint density at radius 3 is 2.03 bits per heavy atom. The molecule has 0 radical (unpaired) electrons. The Kier molecular flexibility index (Phi) is 7.81. The average Bonchev–Trinajstić information content (AvgIpc) is 3.45. The number of hydrogen-bond donors (Lipinski definition) is 0. The van der Waals surface area contributed by atoms with Crippen molar-refractivity contribution in [2.75, 3.05) is 27.2 Å². The zero-order valence-electron chi connectivity index (χ0n) is 22.0. The lowest BCUT2D eigenvalue weighted by molar-refractivity contribution is -0.137. The third-order valence-electron chi connectivity index (χ3n) is 7.45. The predicted molar refractivity (Wildman–Crippen MR) is 155 cm³/mol. The molecule has 0 unspecified atom stereocenters. The first kappa shape index (κ1) is 27.1. The number of carbonyl (C=O) groups excluding carboxylic acids is 2. The maximum absolute atomic E-state index is 13.9. The first-order valence-electron chi connectivity index (χ1n) is 13.0. The van der Waals surface area contributed by atoms with Crippen molar-refractivity contribution in [3.05, 3.63) is 80.3 Å². The Balaban J connectivity index is 1.47. The van der Waals surface area contributed by atoms with Gasteiger partial charge in [-0.3, -0.25) is 14.6 Å². The lowest BCUT2D eigenvalue weighted by Crippen LogP contribution is -2.43. The summed E-state index contributed by atoms with van der Waals surface area (Å²) >= 11 is 13.9. The molecule has 0 N–H and O–H groups in total. The summed E-state index contributed by atoms with van der Waals surface area (Å²) in [6.45, 7) is 5.42. The summed E-state index contributed by atoms with van der Waals surface area (Å²) in [6.07, 6.45) is 1.38. The molecule has 3 heterocycles. The Morgan fingerprint density at radius 1 is 0.947 bits per heavy atom. The zero-order chi connectivity index (χ0) is 27.1. The molecule has 3 aliphatic rings. The average molecular weight is 572 g/mol. The van der Waals surface area contributed by atoms with Crippen LogP contribution < -0.4 is 0 Å². The summed E-state index contributed by atoms with van der Waals surface area (Å²) in [6, 6.07) is 15.5. The zero-order valence-corrected chi connectivity index (χ0v) is 24.4. The maximum Gasteiger partial charge on any atom is 0.262 e. The largest absolute Gasteiger partial charge is 0.349 e. The Bertz CT molecular complexity index is 1280. The number of likely N-dealkylation sites (tertiary alicyclic amines) is 1. The number of aliphatic imine (C=N–C) groups is 1. The molecule has 2 aromatic rings. The molecule has 0 aliphatic carbocycles. The van der Waals surface area contributed by atoms with Gasteiger partial charge < -0.3 is 14.7 Å². The molecule has 1 fully saturated rings. The van der Waals surface area contributed by atoms with Gasteiger partial charge in [0.15, 0.2) is 5.17 Å². The molecule has 5 rings (SSSR count). The van der Waals surface area contributed by atoms with Crippen molar-refractivity contribution >= 4 is 51.9 Å². The molecule has 2 amide bonds. The van der Waals surface area contributed by atoms with Crippen LogP contribution in [-0.2, 0) is 9.59 Å². The molecule has 0 bridgehead atoms. The highest BCUT2D eigenvalue weighted by molar-refractivity contribution is 8.18. The highest BCUT2D eigenvalue weighted by Gasteiger charge is 2.47. The van der Waals surface area contributed by atoms with Gasteiger partial charge >= 0.3 is 0 Å². The third kappa shape index (κ3) is 5.08. The lowest BCUT2D eigenvalue weighted by atomic mass is 9.92. The van der Waals surface area contributed by atoms with Crippen LogP contribution in [0, 0.1) is 11.8 Å². The van der Waals surface area contributed by atoms with E-state index in [4.69, 9.17) is 28.2 Å². The van der Waals surface area contributed by atoms with Gasteiger partial charge in [-0.15, -0.1) is 0 Å². The minimum Gasteiger partial charge on any atom is -0.349 e. The monoisotopic (exact) mass is 570 g/mol. The van der Waals surface area contributed by atoms with Gasteiger partial charge in [0.1, 0.15) is 10.9 Å². The molecule has 9 heteroatoms. The Hall–Kier alpha value is -2.48. The highest BCUT2D eigenvalue weighted by Crippen LogP contribution is 2.53. The summed E-state index contributed by atoms with van der Waals surface area (Å²) in [7, 11) is 3.58. The van der Waals surface area contributed by atoms with Crippen LogP contribution >= 0.6 is 35.0 Å². The number of thioether (sulfide) groups is 1. The predicted octanol–water partition coefficient (Wildman–Crippen LogP) is 6.39. The standard InChI is InChI=1S/C29H32Cl2N4O2S/c1-17(2)24-26(28(37)34-15-13-20(14-16-34)27(36)33(3)4)38-29-32-23(18-5-9-21(30)10-6-18)25(35(24)29)19-7-11-22(31)12-8-19/h5-12,17,20,23,25H,13-16H2,1-4H3/t23-,25+/m0/s1. The first-order valence-corrected chi connectivity index (χ1v) is 14.5. The van der Waals surface area contributed by atoms with Crippen LogP contribution in [0.1, 0.15) is 49.9 Å². The molecule has 0 spiro atoms. The van der Waals surface area contributed by atoms with E-state index >= 15 is 0 Å². The third-order valence-corrected chi connectivity index (χ3v) is 9.03. The van der Waals surface area contributed by atoms with E-state index in [0.29, 0.717) is 36.0 Å². The Labute approximate surface area is 238 Å². The summed E-state index contributed by atoms with van der Waals surface area (Å²) in [4.78, 5) is 38.0. The normalized spacial score (nSPS) is 21.7. The topological polar surface area (TPSA) is 56.2 Å². The van der Waals surface area contributed by atoms with E-state index < -0.39 is 0 Å². The van der Waals surface area contributed by atoms with E-state index in [-0.39, 0.29) is 35.7 Å². The van der Waals surface area contributed by atoms with Gasteiger partial charge in [0, 0.05) is 48.8 Å². The molecular weight excluding hydrogens is 539 g/mol. The van der Waals surface area contributed by atoms with E-state index in [9.17, 15) is 9.59 Å². The summed E-state index contributed by atoms with van der Waals surface area (Å²) in [5.74, 6) is 0.263. The van der Waals surface area contributed by atoms with Crippen LogP contribution in [0.2, 0.25) is 10.0 Å². The van der Waals surface area contributed by atoms with Crippen molar-refractivity contribution in [1.82, 2.24) is 14.7 Å². The van der Waals surface area contributed by atoms with Gasteiger partial charge in [-0.25, -0.2) is 0 Å². The van der Waals surface area contributed by atoms with E-state index in [2.05, 4.69) is 18.7 Å². The van der Waals surface area contributed by atoms with Crippen LogP contribution in [0.4, 0.5) is 0 Å². The smallest absolute Gasteiger partial charge is 0.262 e. The lowest BCUT2D eigenvalue weighted by Gasteiger charge is -2.34. The van der Waals surface area contributed by atoms with Gasteiger partial charge in [-0.1, -0.05) is 61.3 Å². The number of allylic oxidation sites excluding steroid dienone is 1. The highest BCUT2D eigenvalue weighted by atomic mass is 35.5. The minimum atomic E-state index is -0.144. The first-order chi connectivity index (χ1) is 18.2. The fourth-order valence-electron chi connectivity index (χ4n) is 5.53. The van der Waals surface area contributed by atoms with Gasteiger partial charge in [-0.2, -0.15) is 0 Å². The summed E-state index contributed by atoms with van der Waals surface area (Å²) in [5, 5.41) is 2.21. The maximum atomic E-state index is 13.9. The number of benzene rings is 2. The molecule has 200 valence electrons. The molecule has 38 heavy (non-hydrogen) atoms. The summed E-state index contributed by atoms with van der Waals surface area (Å²) in [5.41, 5.74) is 3.16. The van der Waals surface area contributed by atoms with Crippen molar-refractivity contribution in [2.24, 2.45) is 16.8 Å². The van der Waals surface area contributed by atoms with E-state index in [1.165, 1.54) is 11.8 Å². The number of piperidine rings is 1. The van der Waals surface area contributed by atoms with Crippen molar-refractivity contribution in [2.45, 2.75) is 38.8 Å². The van der Waals surface area contributed by atoms with Crippen molar-refractivity contribution in [1.29, 1.82) is 0 Å². The van der Waals surface area contributed by atoms with Crippen molar-refractivity contribution < 1.29 is 9.59 Å². The SMILES string of the molecule is CC(C)C1=C(C(=O)N2CCC(C(=O)N(C)C)CC2)SC2=N[C@@H](c3ccc(Cl)cc3)[C@@H](c3ccc(Cl)cc3)N21. The van der Waals surface area contributed by atoms with E-state index in [0.717, 1.165) is 26.9 Å². The van der Waals surface area contributed by atoms with Crippen molar-refractivity contribution in [3.8, 4) is 0 Å². The van der Waals surface area contributed by atoms with Gasteiger partial charge in [0.05, 0.1) is 6.04 Å². The van der Waals surface area contributed by atoms with Crippen LogP contribution in [0.25, 0.3) is 0 Å². The Morgan fingerprint density at radius 2 is 1.50 bits per heavy atom. The second-order valence-electron chi connectivity index (χ2n) is 10.5. The number of carbonyl (C=O) groups is 2. The molecule has 6 nitrogen and oxygen atoms in total. The molecule has 3 aliphatic heterocycles. The second-order valence-corrected chi connectivity index (χ2v) is 12.4. The van der Waals surface area contributed by atoms with Crippen LogP contribution in [0.5, 0.6) is 0 Å². The number of rotatable bonds is 5. The molecule has 2 atom stereocenters. The number of amides is 2. The molecule has 1 saturated heterocycles. The number of hydrogen-bond acceptors (Lipinski definition) is 5. The van der Waals surface area contributed by atoms with Crippen molar-refractivity contribution in [3.63, 3.8) is 0 Å². The number of halogens is 2. The molecule has 0 aromatic heterocycles. The number of amidine groups is 1. The van der Waals surface area contributed by atoms with E-state index in [1.807, 2.05) is 53.4 Å². The van der Waals surface area contributed by atoms with Crippen LogP contribution in [0.15, 0.2) is 64.1 Å². The van der Waals surface area contributed by atoms with E-state index in [1.54, 1.807) is 19.0 Å². The molecule has 2 aromatic carbocycles. The number of fused-ring (bicyclic) bond motifs is 1. The fraction of sp³-hybridized carbons (Fsp3) is 0.414. The van der Waals surface area contributed by atoms with Gasteiger partial charge in [0.2, 0.25) is 5.91 Å². The summed E-state index contributed by atoms with van der Waals surface area (Å²) < 4.78 is 0. The van der Waals surface area contributed by atoms with Gasteiger partial charge in [-0.05, 0) is 65.9 Å². The van der Waals surface area contributed by atoms with Crippen LogP contribution in [0.3, 0.4) is 0 Å². The fourth-order valence-corrected chi connectivity index (χ4v) is 7.10. The molecular formula is C29H32Cl2N4O2S. The van der Waals surface area contributed by atoms with Gasteiger partial charge in [0.25, 0.3) is 5.91 Å². The quantitative estimate of drug-likeness (QED) is 0.418.